The Morgan fingerprint density at radius 3 is 2.50 bits per heavy atom. The highest BCUT2D eigenvalue weighted by Crippen LogP contribution is 2.24. The summed E-state index contributed by atoms with van der Waals surface area (Å²) in [7, 11) is 0. The van der Waals surface area contributed by atoms with Crippen LogP contribution in [0.3, 0.4) is 0 Å². The molecule has 0 saturated carbocycles. The maximum atomic E-state index is 5.62. The third-order valence-electron chi connectivity index (χ3n) is 3.37. The summed E-state index contributed by atoms with van der Waals surface area (Å²) < 4.78 is 0. The Morgan fingerprint density at radius 2 is 1.93 bits per heavy atom. The lowest BCUT2D eigenvalue weighted by atomic mass is 9.97. The van der Waals surface area contributed by atoms with E-state index < -0.39 is 0 Å². The van der Waals surface area contributed by atoms with E-state index in [-0.39, 0.29) is 0 Å². The van der Waals surface area contributed by atoms with E-state index in [9.17, 15) is 0 Å². The fourth-order valence-corrected chi connectivity index (χ4v) is 2.36. The van der Waals surface area contributed by atoms with Crippen LogP contribution in [0.1, 0.15) is 46.5 Å². The molecule has 2 heteroatoms. The van der Waals surface area contributed by atoms with Gasteiger partial charge >= 0.3 is 0 Å². The molecule has 1 fully saturated rings. The molecule has 14 heavy (non-hydrogen) atoms. The van der Waals surface area contributed by atoms with Gasteiger partial charge in [0.15, 0.2) is 0 Å². The molecule has 0 amide bonds. The van der Waals surface area contributed by atoms with E-state index in [1.54, 1.807) is 0 Å². The van der Waals surface area contributed by atoms with Crippen LogP contribution >= 0.6 is 0 Å². The minimum atomic E-state index is 0.345. The van der Waals surface area contributed by atoms with Crippen molar-refractivity contribution in [2.75, 3.05) is 19.6 Å². The molecule has 1 saturated heterocycles. The van der Waals surface area contributed by atoms with E-state index in [0.29, 0.717) is 5.54 Å². The van der Waals surface area contributed by atoms with Gasteiger partial charge in [-0.15, -0.1) is 0 Å². The van der Waals surface area contributed by atoms with Gasteiger partial charge in [-0.3, -0.25) is 4.90 Å². The fourth-order valence-electron chi connectivity index (χ4n) is 2.36. The van der Waals surface area contributed by atoms with Gasteiger partial charge in [-0.05, 0) is 72.0 Å². The molecule has 0 aliphatic carbocycles. The molecule has 1 atom stereocenters. The molecular weight excluding hydrogens is 172 g/mol. The summed E-state index contributed by atoms with van der Waals surface area (Å²) in [5, 5.41) is 0. The van der Waals surface area contributed by atoms with Crippen molar-refractivity contribution in [2.24, 2.45) is 11.7 Å². The number of nitrogens with two attached hydrogens (primary N) is 1. The monoisotopic (exact) mass is 198 g/mol. The van der Waals surface area contributed by atoms with Crippen molar-refractivity contribution in [3.8, 4) is 0 Å². The minimum absolute atomic E-state index is 0.345. The van der Waals surface area contributed by atoms with Crippen molar-refractivity contribution in [3.63, 3.8) is 0 Å². The van der Waals surface area contributed by atoms with Gasteiger partial charge in [0.05, 0.1) is 0 Å². The van der Waals surface area contributed by atoms with Gasteiger partial charge in [-0.1, -0.05) is 0 Å². The van der Waals surface area contributed by atoms with E-state index >= 15 is 0 Å². The lowest BCUT2D eigenvalue weighted by molar-refractivity contribution is 0.140. The highest BCUT2D eigenvalue weighted by Gasteiger charge is 2.24. The van der Waals surface area contributed by atoms with Crippen LogP contribution in [-0.2, 0) is 0 Å². The number of rotatable bonds is 2. The van der Waals surface area contributed by atoms with Gasteiger partial charge in [0.2, 0.25) is 0 Å². The van der Waals surface area contributed by atoms with Crippen LogP contribution < -0.4 is 5.73 Å². The number of hydrogen-bond donors (Lipinski definition) is 1. The first-order valence-corrected chi connectivity index (χ1v) is 5.99. The normalized spacial score (nSPS) is 26.1. The van der Waals surface area contributed by atoms with Gasteiger partial charge in [0.1, 0.15) is 0 Å². The Labute approximate surface area is 88.8 Å². The fraction of sp³-hybridized carbons (Fsp3) is 1.00. The molecule has 0 aromatic rings. The van der Waals surface area contributed by atoms with Crippen molar-refractivity contribution >= 4 is 0 Å². The quantitative estimate of drug-likeness (QED) is 0.737. The summed E-state index contributed by atoms with van der Waals surface area (Å²) in [4.78, 5) is 2.61. The second-order valence-corrected chi connectivity index (χ2v) is 5.53. The standard InChI is InChI=1S/C12H26N2/c1-12(2,3)14-9-4-5-11(6-8-13)7-10-14/h11H,4-10,13H2,1-3H3. The molecule has 84 valence electrons. The molecule has 2 N–H and O–H groups in total. The summed E-state index contributed by atoms with van der Waals surface area (Å²) in [5.74, 6) is 0.882. The average molecular weight is 198 g/mol. The smallest absolute Gasteiger partial charge is 0.0125 e. The Morgan fingerprint density at radius 1 is 1.21 bits per heavy atom. The zero-order valence-electron chi connectivity index (χ0n) is 10.1. The first kappa shape index (κ1) is 12.0. The Bertz CT molecular complexity index is 160. The molecule has 1 rings (SSSR count). The maximum Gasteiger partial charge on any atom is 0.0125 e. The lowest BCUT2D eigenvalue weighted by Crippen LogP contribution is -2.41. The van der Waals surface area contributed by atoms with Crippen LogP contribution in [0.4, 0.5) is 0 Å². The largest absolute Gasteiger partial charge is 0.330 e. The van der Waals surface area contributed by atoms with Gasteiger partial charge in [0, 0.05) is 5.54 Å². The Hall–Kier alpha value is -0.0800. The summed E-state index contributed by atoms with van der Waals surface area (Å²) in [5.41, 5.74) is 5.96. The van der Waals surface area contributed by atoms with Crippen LogP contribution in [0.15, 0.2) is 0 Å². The number of hydrogen-bond acceptors (Lipinski definition) is 2. The van der Waals surface area contributed by atoms with Crippen molar-refractivity contribution in [2.45, 2.75) is 52.0 Å². The van der Waals surface area contributed by atoms with Gasteiger partial charge < -0.3 is 5.73 Å². The SMILES string of the molecule is CC(C)(C)N1CCCC(CCN)CC1. The van der Waals surface area contributed by atoms with Crippen LogP contribution in [0, 0.1) is 5.92 Å². The predicted octanol–water partition coefficient (Wildman–Crippen LogP) is 2.24. The molecule has 0 radical (unpaired) electrons. The summed E-state index contributed by atoms with van der Waals surface area (Å²) in [6, 6.07) is 0. The van der Waals surface area contributed by atoms with Crippen LogP contribution in [0.5, 0.6) is 0 Å². The van der Waals surface area contributed by atoms with Gasteiger partial charge in [0.25, 0.3) is 0 Å². The molecular formula is C12H26N2. The Kier molecular flexibility index (Phi) is 4.39. The molecule has 0 aromatic heterocycles. The number of nitrogens with zero attached hydrogens (tertiary/aromatic N) is 1. The van der Waals surface area contributed by atoms with Crippen LogP contribution in [-0.4, -0.2) is 30.1 Å². The highest BCUT2D eigenvalue weighted by molar-refractivity contribution is 4.80. The summed E-state index contributed by atoms with van der Waals surface area (Å²) in [6.07, 6.45) is 5.29. The summed E-state index contributed by atoms with van der Waals surface area (Å²) >= 11 is 0. The molecule has 0 bridgehead atoms. The number of likely N-dealkylation sites (tertiary alicyclic amines) is 1. The van der Waals surface area contributed by atoms with Crippen molar-refractivity contribution < 1.29 is 0 Å². The highest BCUT2D eigenvalue weighted by atomic mass is 15.2. The van der Waals surface area contributed by atoms with Crippen molar-refractivity contribution in [1.29, 1.82) is 0 Å². The molecule has 0 aromatic carbocycles. The second-order valence-electron chi connectivity index (χ2n) is 5.53. The molecule has 1 unspecified atom stereocenters. The molecule has 1 aliphatic rings. The van der Waals surface area contributed by atoms with Gasteiger partial charge in [-0.2, -0.15) is 0 Å². The van der Waals surface area contributed by atoms with E-state index in [1.807, 2.05) is 0 Å². The van der Waals surface area contributed by atoms with E-state index in [1.165, 1.54) is 38.8 Å². The topological polar surface area (TPSA) is 29.3 Å². The second kappa shape index (κ2) is 5.13. The minimum Gasteiger partial charge on any atom is -0.330 e. The summed E-state index contributed by atoms with van der Waals surface area (Å²) in [6.45, 7) is 10.3. The predicted molar refractivity (Wildman–Crippen MR) is 62.3 cm³/mol. The van der Waals surface area contributed by atoms with Crippen LogP contribution in [0.2, 0.25) is 0 Å². The van der Waals surface area contributed by atoms with E-state index in [2.05, 4.69) is 25.7 Å². The lowest BCUT2D eigenvalue weighted by Gasteiger charge is -2.34. The van der Waals surface area contributed by atoms with Gasteiger partial charge in [-0.25, -0.2) is 0 Å². The van der Waals surface area contributed by atoms with Crippen molar-refractivity contribution in [3.05, 3.63) is 0 Å². The zero-order valence-corrected chi connectivity index (χ0v) is 10.1. The first-order valence-electron chi connectivity index (χ1n) is 5.99. The van der Waals surface area contributed by atoms with E-state index in [4.69, 9.17) is 5.73 Å². The zero-order chi connectivity index (χ0) is 10.6. The third kappa shape index (κ3) is 3.58. The van der Waals surface area contributed by atoms with Crippen LogP contribution in [0.25, 0.3) is 0 Å². The molecule has 1 heterocycles. The molecule has 1 aliphatic heterocycles. The Balaban J connectivity index is 2.41. The third-order valence-corrected chi connectivity index (χ3v) is 3.37. The molecule has 2 nitrogen and oxygen atoms in total. The molecule has 0 spiro atoms. The van der Waals surface area contributed by atoms with Crippen molar-refractivity contribution in [1.82, 2.24) is 4.90 Å². The van der Waals surface area contributed by atoms with E-state index in [0.717, 1.165) is 12.5 Å². The first-order chi connectivity index (χ1) is 6.54. The maximum absolute atomic E-state index is 5.62. The average Bonchev–Trinajstić information content (AvgIpc) is 2.29.